The van der Waals surface area contributed by atoms with Crippen LogP contribution in [0.25, 0.3) is 0 Å². The molecule has 11 atom stereocenters. The van der Waals surface area contributed by atoms with Crippen LogP contribution in [0.4, 0.5) is 0 Å². The van der Waals surface area contributed by atoms with Gasteiger partial charge in [0.25, 0.3) is 0 Å². The van der Waals surface area contributed by atoms with E-state index in [4.69, 9.17) is 14.2 Å². The van der Waals surface area contributed by atoms with E-state index in [2.05, 4.69) is 20.8 Å². The van der Waals surface area contributed by atoms with Gasteiger partial charge in [-0.15, -0.1) is 0 Å². The van der Waals surface area contributed by atoms with Gasteiger partial charge >= 0.3 is 5.97 Å². The highest BCUT2D eigenvalue weighted by molar-refractivity contribution is 5.85. The second-order valence-electron chi connectivity index (χ2n) is 13.2. The third-order valence-electron chi connectivity index (χ3n) is 11.8. The summed E-state index contributed by atoms with van der Waals surface area (Å²) in [6.07, 6.45) is 12.4. The Morgan fingerprint density at radius 2 is 1.86 bits per heavy atom. The van der Waals surface area contributed by atoms with Crippen molar-refractivity contribution in [2.45, 2.75) is 122 Å². The third-order valence-corrected chi connectivity index (χ3v) is 11.8. The topological polar surface area (TPSA) is 85.2 Å². The number of rotatable bonds is 3. The average Bonchev–Trinajstić information content (AvgIpc) is 3.36. The van der Waals surface area contributed by atoms with Gasteiger partial charge in [0.2, 0.25) is 0 Å². The second kappa shape index (κ2) is 8.54. The lowest BCUT2D eigenvalue weighted by molar-refractivity contribution is -0.256. The van der Waals surface area contributed by atoms with Crippen molar-refractivity contribution in [1.29, 1.82) is 0 Å². The number of hydrogen-bond donors (Lipinski definition) is 2. The number of esters is 1. The molecule has 6 nitrogen and oxygen atoms in total. The molecule has 6 heteroatoms. The summed E-state index contributed by atoms with van der Waals surface area (Å²) in [5.41, 5.74) is -0.458. The zero-order chi connectivity index (χ0) is 24.6. The predicted octanol–water partition coefficient (Wildman–Crippen LogP) is 4.51. The van der Waals surface area contributed by atoms with E-state index >= 15 is 0 Å². The molecule has 0 bridgehead atoms. The van der Waals surface area contributed by atoms with Gasteiger partial charge in [-0.05, 0) is 112 Å². The Morgan fingerprint density at radius 1 is 1.03 bits per heavy atom. The average molecular weight is 489 g/mol. The third kappa shape index (κ3) is 3.60. The van der Waals surface area contributed by atoms with Crippen molar-refractivity contribution < 1.29 is 29.2 Å². The molecule has 0 aromatic rings. The van der Waals surface area contributed by atoms with Crippen molar-refractivity contribution in [1.82, 2.24) is 0 Å². The van der Waals surface area contributed by atoms with E-state index < -0.39 is 17.1 Å². The van der Waals surface area contributed by atoms with Gasteiger partial charge in [-0.25, -0.2) is 4.79 Å². The first-order valence-electron chi connectivity index (χ1n) is 14.2. The monoisotopic (exact) mass is 488 g/mol. The van der Waals surface area contributed by atoms with Gasteiger partial charge in [-0.3, -0.25) is 0 Å². The first-order chi connectivity index (χ1) is 16.6. The van der Waals surface area contributed by atoms with Crippen molar-refractivity contribution in [3.05, 3.63) is 11.6 Å². The summed E-state index contributed by atoms with van der Waals surface area (Å²) < 4.78 is 17.7. The number of aliphatic hydroxyl groups excluding tert-OH is 1. The molecule has 0 aromatic carbocycles. The van der Waals surface area contributed by atoms with Crippen molar-refractivity contribution in [3.63, 3.8) is 0 Å². The molecule has 2 aliphatic heterocycles. The molecule has 4 aliphatic carbocycles. The molecule has 2 unspecified atom stereocenters. The number of fused-ring (bicyclic) bond motifs is 5. The molecule has 5 fully saturated rings. The minimum absolute atomic E-state index is 0.00227. The van der Waals surface area contributed by atoms with Crippen LogP contribution < -0.4 is 0 Å². The highest BCUT2D eigenvalue weighted by atomic mass is 16.7. The van der Waals surface area contributed by atoms with Crippen molar-refractivity contribution in [3.8, 4) is 0 Å². The van der Waals surface area contributed by atoms with Crippen molar-refractivity contribution in [2.24, 2.45) is 34.5 Å². The molecule has 0 aromatic heterocycles. The van der Waals surface area contributed by atoms with E-state index in [0.29, 0.717) is 24.9 Å². The normalized spacial score (nSPS) is 53.9. The number of cyclic esters (lactones) is 1. The highest BCUT2D eigenvalue weighted by Gasteiger charge is 2.70. The predicted molar refractivity (Wildman–Crippen MR) is 130 cm³/mol. The number of aliphatic hydroxyl groups is 2. The Morgan fingerprint density at radius 3 is 2.60 bits per heavy atom. The van der Waals surface area contributed by atoms with Gasteiger partial charge in [-0.1, -0.05) is 13.8 Å². The summed E-state index contributed by atoms with van der Waals surface area (Å²) in [5.74, 6) is 0.783. The van der Waals surface area contributed by atoms with Crippen LogP contribution in [0.15, 0.2) is 11.6 Å². The van der Waals surface area contributed by atoms with Crippen molar-refractivity contribution >= 4 is 5.97 Å². The van der Waals surface area contributed by atoms with Crippen LogP contribution in [0.5, 0.6) is 0 Å². The fourth-order valence-electron chi connectivity index (χ4n) is 9.76. The quantitative estimate of drug-likeness (QED) is 0.449. The maximum absolute atomic E-state index is 12.4. The standard InChI is InChI=1S/C29H44O6/c1-17-5-4-6-26(34-17)35-20-9-11-27(2)19(14-20)7-8-22-23(27)15-24(30)28(3)21(10-12-29(22,28)32)18-13-25(31)33-16-18/h13,17,19-24,26,30,32H,4-12,14-16H2,1-3H3/t17-,19-,20-,21-,22?,23?,24-,26+,27+,28+,29+/m1/s1. The molecule has 0 radical (unpaired) electrons. The molecule has 1 saturated heterocycles. The summed E-state index contributed by atoms with van der Waals surface area (Å²) in [5, 5.41) is 24.1. The van der Waals surface area contributed by atoms with Gasteiger partial charge in [0, 0.05) is 11.5 Å². The molecule has 0 spiro atoms. The highest BCUT2D eigenvalue weighted by Crippen LogP contribution is 2.70. The lowest BCUT2D eigenvalue weighted by atomic mass is 9.42. The molecular formula is C29H44O6. The van der Waals surface area contributed by atoms with Gasteiger partial charge in [-0.2, -0.15) is 0 Å². The Kier molecular flexibility index (Phi) is 5.95. The fourth-order valence-corrected chi connectivity index (χ4v) is 9.76. The Bertz CT molecular complexity index is 886. The maximum atomic E-state index is 12.4. The van der Waals surface area contributed by atoms with Crippen LogP contribution in [-0.4, -0.2) is 53.0 Å². The zero-order valence-electron chi connectivity index (χ0n) is 21.7. The van der Waals surface area contributed by atoms with Gasteiger partial charge < -0.3 is 24.4 Å². The molecule has 35 heavy (non-hydrogen) atoms. The number of ether oxygens (including phenoxy) is 3. The molecule has 2 N–H and O–H groups in total. The van der Waals surface area contributed by atoms with E-state index in [0.717, 1.165) is 63.4 Å². The summed E-state index contributed by atoms with van der Waals surface area (Å²) in [4.78, 5) is 11.8. The van der Waals surface area contributed by atoms with E-state index in [1.165, 1.54) is 6.42 Å². The summed E-state index contributed by atoms with van der Waals surface area (Å²) >= 11 is 0. The molecule has 4 saturated carbocycles. The van der Waals surface area contributed by atoms with Gasteiger partial charge in [0.1, 0.15) is 6.61 Å². The molecule has 6 rings (SSSR count). The molecular weight excluding hydrogens is 444 g/mol. The summed E-state index contributed by atoms with van der Waals surface area (Å²) in [7, 11) is 0. The largest absolute Gasteiger partial charge is 0.458 e. The Hall–Kier alpha value is -0.950. The molecule has 6 aliphatic rings. The van der Waals surface area contributed by atoms with Crippen LogP contribution in [0, 0.1) is 34.5 Å². The lowest BCUT2D eigenvalue weighted by Crippen LogP contribution is -2.67. The maximum Gasteiger partial charge on any atom is 0.331 e. The van der Waals surface area contributed by atoms with Crippen LogP contribution >= 0.6 is 0 Å². The SMILES string of the molecule is C[C@@H]1CCC[C@H](O[C@@H]2CC[C@]3(C)C4C[C@@H](O)[C@]5(C)[C@@H](C6=CC(=O)OC6)CC[C@]5(O)C4CC[C@@H]3C2)O1. The molecule has 0 amide bonds. The van der Waals surface area contributed by atoms with E-state index in [1.807, 2.05) is 0 Å². The summed E-state index contributed by atoms with van der Waals surface area (Å²) in [6.45, 7) is 6.96. The molecule has 196 valence electrons. The minimum Gasteiger partial charge on any atom is -0.458 e. The fraction of sp³-hybridized carbons (Fsp3) is 0.897. The first kappa shape index (κ1) is 24.4. The van der Waals surface area contributed by atoms with E-state index in [1.54, 1.807) is 6.08 Å². The van der Waals surface area contributed by atoms with E-state index in [-0.39, 0.29) is 41.7 Å². The number of hydrogen-bond acceptors (Lipinski definition) is 6. The van der Waals surface area contributed by atoms with Gasteiger partial charge in [0.05, 0.1) is 23.9 Å². The van der Waals surface area contributed by atoms with Crippen LogP contribution in [0.1, 0.15) is 91.4 Å². The summed E-state index contributed by atoms with van der Waals surface area (Å²) in [6, 6.07) is 0. The first-order valence-corrected chi connectivity index (χ1v) is 14.2. The second-order valence-corrected chi connectivity index (χ2v) is 13.2. The number of carbonyl (C=O) groups is 1. The Balaban J connectivity index is 1.21. The lowest BCUT2D eigenvalue weighted by Gasteiger charge is -2.65. The smallest absolute Gasteiger partial charge is 0.331 e. The minimum atomic E-state index is -0.903. The van der Waals surface area contributed by atoms with Crippen LogP contribution in [0.2, 0.25) is 0 Å². The van der Waals surface area contributed by atoms with Crippen LogP contribution in [0.3, 0.4) is 0 Å². The Labute approximate surface area is 209 Å². The van der Waals surface area contributed by atoms with E-state index in [9.17, 15) is 15.0 Å². The van der Waals surface area contributed by atoms with Gasteiger partial charge in [0.15, 0.2) is 6.29 Å². The van der Waals surface area contributed by atoms with Crippen molar-refractivity contribution in [2.75, 3.05) is 6.61 Å². The van der Waals surface area contributed by atoms with Crippen LogP contribution in [-0.2, 0) is 19.0 Å². The number of carbonyl (C=O) groups excluding carboxylic acids is 1. The zero-order valence-corrected chi connectivity index (χ0v) is 21.7. The molecule has 2 heterocycles.